The largest absolute Gasteiger partial charge is 0.525 e. The number of hydrogen-bond donors (Lipinski definition) is 0. The Morgan fingerprint density at radius 2 is 1.55 bits per heavy atom. The number of rotatable bonds is 8. The average Bonchev–Trinajstić information content (AvgIpc) is 2.57. The third-order valence-electron chi connectivity index (χ3n) is 3.76. The van der Waals surface area contributed by atoms with Gasteiger partial charge in [0.2, 0.25) is 9.76 Å². The summed E-state index contributed by atoms with van der Waals surface area (Å²) in [6.45, 7) is 2.00. The average molecular weight is 312 g/mol. The van der Waals surface area contributed by atoms with Crippen molar-refractivity contribution in [3.8, 4) is 0 Å². The van der Waals surface area contributed by atoms with Gasteiger partial charge in [-0.05, 0) is 30.0 Å². The van der Waals surface area contributed by atoms with Gasteiger partial charge in [-0.25, -0.2) is 0 Å². The molecule has 0 saturated heterocycles. The molecule has 116 valence electrons. The van der Waals surface area contributed by atoms with Crippen molar-refractivity contribution >= 4 is 15.7 Å². The van der Waals surface area contributed by atoms with Crippen LogP contribution in [0.25, 0.3) is 0 Å². The van der Waals surface area contributed by atoms with Crippen LogP contribution in [-0.4, -0.2) is 15.7 Å². The molecule has 0 radical (unpaired) electrons. The van der Waals surface area contributed by atoms with Gasteiger partial charge >= 0.3 is 0 Å². The monoisotopic (exact) mass is 312 g/mol. The Kier molecular flexibility index (Phi) is 6.90. The molecule has 0 unspecified atom stereocenters. The fraction of sp³-hybridized carbons (Fsp3) is 0.316. The van der Waals surface area contributed by atoms with E-state index in [0.29, 0.717) is 12.3 Å². The summed E-state index contributed by atoms with van der Waals surface area (Å²) in [5.41, 5.74) is 2.67. The van der Waals surface area contributed by atoms with Crippen LogP contribution in [0.4, 0.5) is 0 Å². The van der Waals surface area contributed by atoms with Crippen LogP contribution < -0.4 is 0 Å². The van der Waals surface area contributed by atoms with E-state index in [0.717, 1.165) is 18.9 Å². The molecule has 0 spiro atoms. The van der Waals surface area contributed by atoms with E-state index in [1.54, 1.807) is 0 Å². The van der Waals surface area contributed by atoms with E-state index in [1.165, 1.54) is 11.1 Å². The molecule has 0 aliphatic rings. The summed E-state index contributed by atoms with van der Waals surface area (Å²) in [6, 6.07) is 22.2. The van der Waals surface area contributed by atoms with Crippen LogP contribution >= 0.6 is 0 Å². The van der Waals surface area contributed by atoms with Crippen LogP contribution in [0.3, 0.4) is 0 Å². The minimum atomic E-state index is -0.759. The van der Waals surface area contributed by atoms with Crippen molar-refractivity contribution in [2.45, 2.75) is 38.1 Å². The minimum Gasteiger partial charge on any atom is -0.525 e. The zero-order valence-corrected chi connectivity index (χ0v) is 14.6. The molecule has 0 atom stereocenters. The molecule has 0 fully saturated rings. The molecule has 0 aromatic heterocycles. The summed E-state index contributed by atoms with van der Waals surface area (Å²) in [5.74, 6) is 0.366. The van der Waals surface area contributed by atoms with Crippen LogP contribution in [0.15, 0.2) is 60.7 Å². The van der Waals surface area contributed by atoms with E-state index in [-0.39, 0.29) is 5.97 Å². The van der Waals surface area contributed by atoms with Gasteiger partial charge in [-0.15, -0.1) is 0 Å². The predicted octanol–water partition coefficient (Wildman–Crippen LogP) is 4.05. The Bertz CT molecular complexity index is 515. The van der Waals surface area contributed by atoms with Crippen molar-refractivity contribution in [3.63, 3.8) is 0 Å². The molecule has 2 nitrogen and oxygen atoms in total. The maximum absolute atomic E-state index is 11.4. The second-order valence-electron chi connectivity index (χ2n) is 5.49. The lowest BCUT2D eigenvalue weighted by atomic mass is 9.89. The Labute approximate surface area is 135 Å². The summed E-state index contributed by atoms with van der Waals surface area (Å²) in [4.78, 5) is 11.4. The molecule has 2 aromatic carbocycles. The number of hydrogen-bond acceptors (Lipinski definition) is 2. The van der Waals surface area contributed by atoms with Gasteiger partial charge in [-0.3, -0.25) is 4.79 Å². The molecule has 2 rings (SSSR count). The van der Waals surface area contributed by atoms with Gasteiger partial charge in [0.05, 0.1) is 0 Å². The SMILES string of the molecule is CCCC(=O)O[SiH2]CCC(c1ccccc1)c1ccccc1. The van der Waals surface area contributed by atoms with Crippen molar-refractivity contribution < 1.29 is 9.22 Å². The third kappa shape index (κ3) is 5.15. The fourth-order valence-corrected chi connectivity index (χ4v) is 3.74. The van der Waals surface area contributed by atoms with E-state index in [9.17, 15) is 4.79 Å². The van der Waals surface area contributed by atoms with Crippen molar-refractivity contribution in [1.29, 1.82) is 0 Å². The van der Waals surface area contributed by atoms with Crippen molar-refractivity contribution in [2.75, 3.05) is 0 Å². The van der Waals surface area contributed by atoms with E-state index < -0.39 is 9.76 Å². The molecule has 0 aliphatic carbocycles. The Balaban J connectivity index is 1.96. The first-order chi connectivity index (χ1) is 10.8. The molecule has 0 aliphatic heterocycles. The van der Waals surface area contributed by atoms with Gasteiger partial charge < -0.3 is 4.43 Å². The van der Waals surface area contributed by atoms with E-state index in [2.05, 4.69) is 48.5 Å². The Morgan fingerprint density at radius 1 is 1.00 bits per heavy atom. The fourth-order valence-electron chi connectivity index (χ4n) is 2.65. The molecule has 22 heavy (non-hydrogen) atoms. The maximum atomic E-state index is 11.4. The van der Waals surface area contributed by atoms with Gasteiger partial charge in [0, 0.05) is 12.3 Å². The number of benzene rings is 2. The van der Waals surface area contributed by atoms with Gasteiger partial charge in [0.15, 0.2) is 0 Å². The smallest absolute Gasteiger partial charge is 0.292 e. The number of carbonyl (C=O) groups excluding carboxylic acids is 1. The second kappa shape index (κ2) is 9.21. The summed E-state index contributed by atoms with van der Waals surface area (Å²) in [6.07, 6.45) is 2.46. The lowest BCUT2D eigenvalue weighted by Crippen LogP contribution is -2.09. The molecular formula is C19H24O2Si. The summed E-state index contributed by atoms with van der Waals surface area (Å²) >= 11 is 0. The van der Waals surface area contributed by atoms with Gasteiger partial charge in [-0.2, -0.15) is 0 Å². The van der Waals surface area contributed by atoms with E-state index in [4.69, 9.17) is 4.43 Å². The molecule has 2 aromatic rings. The molecule has 0 saturated carbocycles. The van der Waals surface area contributed by atoms with Crippen LogP contribution in [0, 0.1) is 0 Å². The van der Waals surface area contributed by atoms with Crippen molar-refractivity contribution in [2.24, 2.45) is 0 Å². The third-order valence-corrected chi connectivity index (χ3v) is 4.98. The lowest BCUT2D eigenvalue weighted by Gasteiger charge is -2.18. The molecular weight excluding hydrogens is 288 g/mol. The van der Waals surface area contributed by atoms with Gasteiger partial charge in [-0.1, -0.05) is 67.6 Å². The summed E-state index contributed by atoms with van der Waals surface area (Å²) in [5, 5.41) is 0. The Hall–Kier alpha value is -1.87. The zero-order chi connectivity index (χ0) is 15.6. The number of carbonyl (C=O) groups is 1. The lowest BCUT2D eigenvalue weighted by molar-refractivity contribution is -0.134. The molecule has 0 N–H and O–H groups in total. The van der Waals surface area contributed by atoms with E-state index in [1.807, 2.05) is 19.1 Å². The highest BCUT2D eigenvalue weighted by Gasteiger charge is 2.14. The maximum Gasteiger partial charge on any atom is 0.292 e. The zero-order valence-electron chi connectivity index (χ0n) is 13.2. The highest BCUT2D eigenvalue weighted by molar-refractivity contribution is 6.30. The molecule has 3 heteroatoms. The van der Waals surface area contributed by atoms with Crippen molar-refractivity contribution in [3.05, 3.63) is 71.8 Å². The van der Waals surface area contributed by atoms with Crippen molar-refractivity contribution in [1.82, 2.24) is 0 Å². The molecule has 0 amide bonds. The second-order valence-corrected chi connectivity index (χ2v) is 6.89. The quantitative estimate of drug-likeness (QED) is 0.543. The molecule has 0 bridgehead atoms. The first kappa shape index (κ1) is 16.5. The minimum absolute atomic E-state index is 0.0230. The highest BCUT2D eigenvalue weighted by atomic mass is 28.2. The normalized spacial score (nSPS) is 11.2. The first-order valence-corrected chi connectivity index (χ1v) is 9.64. The summed E-state index contributed by atoms with van der Waals surface area (Å²) < 4.78 is 5.40. The van der Waals surface area contributed by atoms with Crippen LogP contribution in [-0.2, 0) is 9.22 Å². The topological polar surface area (TPSA) is 26.3 Å². The predicted molar refractivity (Wildman–Crippen MR) is 93.7 cm³/mol. The highest BCUT2D eigenvalue weighted by Crippen LogP contribution is 2.29. The molecule has 0 heterocycles. The summed E-state index contributed by atoms with van der Waals surface area (Å²) in [7, 11) is -0.759. The standard InChI is InChI=1S/C19H24O2Si/c1-2-9-19(20)21-22-15-14-18(16-10-5-3-6-11-16)17-12-7-4-8-13-17/h3-8,10-13,18H,2,9,14-15,22H2,1H3. The van der Waals surface area contributed by atoms with Crippen LogP contribution in [0.1, 0.15) is 43.2 Å². The van der Waals surface area contributed by atoms with E-state index >= 15 is 0 Å². The first-order valence-electron chi connectivity index (χ1n) is 8.06. The van der Waals surface area contributed by atoms with Crippen LogP contribution in [0.2, 0.25) is 6.04 Å². The van der Waals surface area contributed by atoms with Gasteiger partial charge in [0.25, 0.3) is 5.97 Å². The Morgan fingerprint density at radius 3 is 2.05 bits per heavy atom. The van der Waals surface area contributed by atoms with Crippen LogP contribution in [0.5, 0.6) is 0 Å². The van der Waals surface area contributed by atoms with Gasteiger partial charge in [0.1, 0.15) is 0 Å².